The third-order valence-corrected chi connectivity index (χ3v) is 4.86. The summed E-state index contributed by atoms with van der Waals surface area (Å²) in [6, 6.07) is -2.01. The fourth-order valence-corrected chi connectivity index (χ4v) is 3.41. The number of aryl methyl sites for hydroxylation is 1. The van der Waals surface area contributed by atoms with E-state index in [0.29, 0.717) is 5.69 Å². The van der Waals surface area contributed by atoms with Gasteiger partial charge in [-0.15, -0.1) is 11.3 Å². The van der Waals surface area contributed by atoms with Gasteiger partial charge < -0.3 is 10.2 Å². The highest BCUT2D eigenvalue weighted by Gasteiger charge is 2.43. The monoisotopic (exact) mass is 335 g/mol. The number of thiazole rings is 1. The summed E-state index contributed by atoms with van der Waals surface area (Å²) in [6.45, 7) is 3.40. The van der Waals surface area contributed by atoms with Gasteiger partial charge in [0.05, 0.1) is 0 Å². The van der Waals surface area contributed by atoms with Crippen molar-refractivity contribution in [3.63, 3.8) is 0 Å². The highest BCUT2D eigenvalue weighted by Crippen LogP contribution is 2.34. The zero-order valence-electron chi connectivity index (χ0n) is 12.6. The Kier molecular flexibility index (Phi) is 5.44. The molecule has 4 nitrogen and oxygen atoms in total. The number of carbonyl (C=O) groups is 1. The number of likely N-dealkylation sites (tertiary alicyclic amines) is 1. The van der Waals surface area contributed by atoms with E-state index in [2.05, 4.69) is 15.2 Å². The molecule has 0 radical (unpaired) electrons. The van der Waals surface area contributed by atoms with Crippen molar-refractivity contribution in [3.05, 3.63) is 16.1 Å². The summed E-state index contributed by atoms with van der Waals surface area (Å²) >= 11 is 0.920. The molecule has 2 heterocycles. The lowest BCUT2D eigenvalue weighted by Crippen LogP contribution is -2.40. The van der Waals surface area contributed by atoms with Crippen molar-refractivity contribution < 1.29 is 18.0 Å². The number of halogens is 3. The molecule has 124 valence electrons. The van der Waals surface area contributed by atoms with Gasteiger partial charge in [-0.25, -0.2) is 4.98 Å². The standard InChI is InChI=1S/C14H20F3N3OS/c1-9-8-22-13(18-9)12(14(15,16)17)19-11(21)7-10-3-5-20(2)6-4-10/h8,10,12H,3-7H2,1-2H3,(H,19,21)/t12-/m1/s1. The number of amides is 1. The number of piperidine rings is 1. The fourth-order valence-electron chi connectivity index (χ4n) is 2.54. The third-order valence-electron chi connectivity index (χ3n) is 3.83. The molecule has 1 saturated heterocycles. The van der Waals surface area contributed by atoms with Gasteiger partial charge >= 0.3 is 6.18 Å². The van der Waals surface area contributed by atoms with Crippen LogP contribution < -0.4 is 5.32 Å². The summed E-state index contributed by atoms with van der Waals surface area (Å²) in [7, 11) is 2.00. The van der Waals surface area contributed by atoms with Gasteiger partial charge in [0.2, 0.25) is 5.91 Å². The molecule has 1 amide bonds. The summed E-state index contributed by atoms with van der Waals surface area (Å²) < 4.78 is 39.5. The van der Waals surface area contributed by atoms with Crippen LogP contribution in [0.15, 0.2) is 5.38 Å². The maximum atomic E-state index is 13.2. The molecule has 0 bridgehead atoms. The Morgan fingerprint density at radius 3 is 2.64 bits per heavy atom. The van der Waals surface area contributed by atoms with Gasteiger partial charge in [-0.2, -0.15) is 13.2 Å². The molecule has 1 fully saturated rings. The Hall–Kier alpha value is -1.15. The van der Waals surface area contributed by atoms with Crippen LogP contribution in [0.1, 0.15) is 36.0 Å². The summed E-state index contributed by atoms with van der Waals surface area (Å²) in [4.78, 5) is 18.0. The van der Waals surface area contributed by atoms with Crippen molar-refractivity contribution in [2.24, 2.45) is 5.92 Å². The zero-order valence-corrected chi connectivity index (χ0v) is 13.4. The molecule has 1 aliphatic heterocycles. The second-order valence-electron chi connectivity index (χ2n) is 5.82. The quantitative estimate of drug-likeness (QED) is 0.920. The van der Waals surface area contributed by atoms with E-state index in [4.69, 9.17) is 0 Å². The average Bonchev–Trinajstić information content (AvgIpc) is 2.84. The molecular weight excluding hydrogens is 315 g/mol. The van der Waals surface area contributed by atoms with Gasteiger partial charge in [-0.3, -0.25) is 4.79 Å². The fraction of sp³-hybridized carbons (Fsp3) is 0.714. The number of hydrogen-bond donors (Lipinski definition) is 1. The lowest BCUT2D eigenvalue weighted by Gasteiger charge is -2.29. The predicted octanol–water partition coefficient (Wildman–Crippen LogP) is 2.90. The number of carbonyl (C=O) groups excluding carboxylic acids is 1. The van der Waals surface area contributed by atoms with E-state index >= 15 is 0 Å². The van der Waals surface area contributed by atoms with Crippen LogP contribution in [0.25, 0.3) is 0 Å². The summed E-state index contributed by atoms with van der Waals surface area (Å²) in [5, 5.41) is 3.56. The molecule has 1 aromatic rings. The third kappa shape index (κ3) is 4.67. The van der Waals surface area contributed by atoms with E-state index in [0.717, 1.165) is 37.3 Å². The first-order valence-corrected chi connectivity index (χ1v) is 8.10. The minimum atomic E-state index is -4.53. The van der Waals surface area contributed by atoms with E-state index in [1.165, 1.54) is 0 Å². The molecule has 1 atom stereocenters. The Labute approximate surface area is 131 Å². The van der Waals surface area contributed by atoms with E-state index in [1.54, 1.807) is 12.3 Å². The molecule has 0 aromatic carbocycles. The van der Waals surface area contributed by atoms with Crippen molar-refractivity contribution in [2.75, 3.05) is 20.1 Å². The molecule has 0 saturated carbocycles. The Morgan fingerprint density at radius 2 is 2.14 bits per heavy atom. The normalized spacial score (nSPS) is 19.1. The first-order valence-electron chi connectivity index (χ1n) is 7.22. The van der Waals surface area contributed by atoms with Crippen LogP contribution in [0.5, 0.6) is 0 Å². The second-order valence-corrected chi connectivity index (χ2v) is 6.71. The molecule has 2 rings (SSSR count). The van der Waals surface area contributed by atoms with E-state index < -0.39 is 18.1 Å². The number of hydrogen-bond acceptors (Lipinski definition) is 4. The SMILES string of the molecule is Cc1csc([C@@H](NC(=O)CC2CCN(C)CC2)C(F)(F)F)n1. The van der Waals surface area contributed by atoms with Crippen LogP contribution >= 0.6 is 11.3 Å². The smallest absolute Gasteiger partial charge is 0.339 e. The van der Waals surface area contributed by atoms with Gasteiger partial charge in [-0.1, -0.05) is 0 Å². The minimum absolute atomic E-state index is 0.110. The maximum Gasteiger partial charge on any atom is 0.415 e. The molecule has 8 heteroatoms. The maximum absolute atomic E-state index is 13.2. The zero-order chi connectivity index (χ0) is 16.3. The number of nitrogens with one attached hydrogen (secondary N) is 1. The lowest BCUT2D eigenvalue weighted by molar-refractivity contribution is -0.163. The second kappa shape index (κ2) is 6.95. The van der Waals surface area contributed by atoms with E-state index in [-0.39, 0.29) is 17.3 Å². The van der Waals surface area contributed by atoms with Gasteiger partial charge in [0.1, 0.15) is 5.01 Å². The molecular formula is C14H20F3N3OS. The van der Waals surface area contributed by atoms with Gasteiger partial charge in [0, 0.05) is 17.5 Å². The average molecular weight is 335 g/mol. The van der Waals surface area contributed by atoms with Gasteiger partial charge in [0.25, 0.3) is 0 Å². The number of aromatic nitrogens is 1. The number of nitrogens with zero attached hydrogens (tertiary/aromatic N) is 2. The Morgan fingerprint density at radius 1 is 1.50 bits per heavy atom. The molecule has 0 aliphatic carbocycles. The van der Waals surface area contributed by atoms with E-state index in [1.807, 2.05) is 7.05 Å². The highest BCUT2D eigenvalue weighted by atomic mass is 32.1. The first kappa shape index (κ1) is 17.2. The Bertz CT molecular complexity index is 510. The van der Waals surface area contributed by atoms with Crippen LogP contribution in [0, 0.1) is 12.8 Å². The number of rotatable bonds is 4. The molecule has 1 N–H and O–H groups in total. The van der Waals surface area contributed by atoms with Crippen molar-refractivity contribution in [2.45, 2.75) is 38.4 Å². The summed E-state index contributed by atoms with van der Waals surface area (Å²) in [5.74, 6) is -0.396. The van der Waals surface area contributed by atoms with Crippen molar-refractivity contribution in [1.82, 2.24) is 15.2 Å². The van der Waals surface area contributed by atoms with Crippen molar-refractivity contribution in [1.29, 1.82) is 0 Å². The van der Waals surface area contributed by atoms with Gasteiger partial charge in [-0.05, 0) is 45.8 Å². The first-order chi connectivity index (χ1) is 10.3. The summed E-state index contributed by atoms with van der Waals surface area (Å²) in [6.07, 6.45) is -2.70. The van der Waals surface area contributed by atoms with E-state index in [9.17, 15) is 18.0 Å². The predicted molar refractivity (Wildman–Crippen MR) is 78.6 cm³/mol. The number of alkyl halides is 3. The Balaban J connectivity index is 1.97. The van der Waals surface area contributed by atoms with Crippen LogP contribution in [-0.4, -0.2) is 42.1 Å². The largest absolute Gasteiger partial charge is 0.415 e. The molecule has 0 spiro atoms. The lowest BCUT2D eigenvalue weighted by atomic mass is 9.93. The molecule has 1 aliphatic rings. The molecule has 1 aromatic heterocycles. The topological polar surface area (TPSA) is 45.2 Å². The molecule has 22 heavy (non-hydrogen) atoms. The summed E-state index contributed by atoms with van der Waals surface area (Å²) in [5.41, 5.74) is 0.527. The molecule has 0 unspecified atom stereocenters. The minimum Gasteiger partial charge on any atom is -0.339 e. The van der Waals surface area contributed by atoms with Crippen LogP contribution in [-0.2, 0) is 4.79 Å². The van der Waals surface area contributed by atoms with Crippen LogP contribution in [0.2, 0.25) is 0 Å². The van der Waals surface area contributed by atoms with Crippen molar-refractivity contribution in [3.8, 4) is 0 Å². The highest BCUT2D eigenvalue weighted by molar-refractivity contribution is 7.09. The van der Waals surface area contributed by atoms with Crippen LogP contribution in [0.4, 0.5) is 13.2 Å². The van der Waals surface area contributed by atoms with Crippen LogP contribution in [0.3, 0.4) is 0 Å². The van der Waals surface area contributed by atoms with Crippen molar-refractivity contribution >= 4 is 17.2 Å². The van der Waals surface area contributed by atoms with Gasteiger partial charge in [0.15, 0.2) is 6.04 Å².